The van der Waals surface area contributed by atoms with E-state index in [0.29, 0.717) is 25.7 Å². The molecule has 1 N–H and O–H groups in total. The number of rotatable bonds is 6. The molecule has 3 aliphatic heterocycles. The Hall–Kier alpha value is -0.730. The van der Waals surface area contributed by atoms with Crippen LogP contribution in [0.15, 0.2) is 0 Å². The van der Waals surface area contributed by atoms with E-state index in [4.69, 9.17) is 23.7 Å². The fourth-order valence-corrected chi connectivity index (χ4v) is 3.86. The molecule has 3 aliphatic rings. The van der Waals surface area contributed by atoms with Gasteiger partial charge in [0.2, 0.25) is 0 Å². The van der Waals surface area contributed by atoms with Crippen LogP contribution in [0.1, 0.15) is 53.4 Å². The van der Waals surface area contributed by atoms with E-state index in [9.17, 15) is 9.90 Å². The van der Waals surface area contributed by atoms with Gasteiger partial charge in [-0.1, -0.05) is 27.7 Å². The maximum atomic E-state index is 12.3. The Balaban J connectivity index is 1.83. The molecule has 0 spiro atoms. The Morgan fingerprint density at radius 3 is 1.92 bits per heavy atom. The zero-order valence-corrected chi connectivity index (χ0v) is 14.8. The van der Waals surface area contributed by atoms with E-state index < -0.39 is 48.1 Å². The molecule has 3 heterocycles. The number of cyclic esters (lactones) is 1. The van der Waals surface area contributed by atoms with Crippen molar-refractivity contribution in [2.45, 2.75) is 95.5 Å². The Morgan fingerprint density at radius 1 is 0.833 bits per heavy atom. The number of aliphatic hydroxyl groups excluding tert-OH is 1. The summed E-state index contributed by atoms with van der Waals surface area (Å²) >= 11 is 0. The first-order chi connectivity index (χ1) is 11.5. The van der Waals surface area contributed by atoms with Gasteiger partial charge in [0.15, 0.2) is 23.8 Å². The third-order valence-corrected chi connectivity index (χ3v) is 5.54. The molecule has 7 nitrogen and oxygen atoms in total. The summed E-state index contributed by atoms with van der Waals surface area (Å²) in [6, 6.07) is 0. The normalized spacial score (nSPS) is 39.9. The largest absolute Gasteiger partial charge is 0.455 e. The zero-order valence-electron chi connectivity index (χ0n) is 14.8. The first-order valence-electron chi connectivity index (χ1n) is 8.99. The molecule has 7 heteroatoms. The third-order valence-electron chi connectivity index (χ3n) is 5.54. The van der Waals surface area contributed by atoms with Crippen molar-refractivity contribution in [3.63, 3.8) is 0 Å². The van der Waals surface area contributed by atoms with Crippen LogP contribution in [-0.4, -0.2) is 59.8 Å². The summed E-state index contributed by atoms with van der Waals surface area (Å²) in [5.41, 5.74) is 0. The van der Waals surface area contributed by atoms with E-state index in [1.54, 1.807) is 0 Å². The van der Waals surface area contributed by atoms with Gasteiger partial charge < -0.3 is 28.8 Å². The number of carbonyl (C=O) groups is 1. The second kappa shape index (κ2) is 6.53. The minimum Gasteiger partial charge on any atom is -0.455 e. The molecular weight excluding hydrogens is 316 g/mol. The predicted octanol–water partition coefficient (Wildman–Crippen LogP) is 1.50. The second-order valence-corrected chi connectivity index (χ2v) is 6.68. The molecule has 0 amide bonds. The molecule has 0 aromatic rings. The SMILES string of the molecule is CCC1(CC)OC(CO)C([C@@H]2OC(=O)[C@@H]3OC(CC)(CC)O[C@@H]32)O1. The summed E-state index contributed by atoms with van der Waals surface area (Å²) < 4.78 is 29.6. The number of hydrogen-bond donors (Lipinski definition) is 1. The molecule has 3 saturated heterocycles. The Morgan fingerprint density at radius 2 is 1.38 bits per heavy atom. The molecular formula is C17H28O7. The molecule has 24 heavy (non-hydrogen) atoms. The highest BCUT2D eigenvalue weighted by molar-refractivity contribution is 5.78. The van der Waals surface area contributed by atoms with Crippen molar-refractivity contribution in [3.8, 4) is 0 Å². The maximum Gasteiger partial charge on any atom is 0.338 e. The van der Waals surface area contributed by atoms with E-state index in [2.05, 4.69) is 0 Å². The van der Waals surface area contributed by atoms with Gasteiger partial charge in [-0.2, -0.15) is 0 Å². The average molecular weight is 344 g/mol. The van der Waals surface area contributed by atoms with Crippen molar-refractivity contribution < 1.29 is 33.6 Å². The van der Waals surface area contributed by atoms with Crippen LogP contribution >= 0.6 is 0 Å². The lowest BCUT2D eigenvalue weighted by atomic mass is 10.0. The molecule has 0 saturated carbocycles. The topological polar surface area (TPSA) is 83.5 Å². The summed E-state index contributed by atoms with van der Waals surface area (Å²) in [4.78, 5) is 12.3. The van der Waals surface area contributed by atoms with Crippen LogP contribution in [0.5, 0.6) is 0 Å². The van der Waals surface area contributed by atoms with Crippen molar-refractivity contribution in [2.24, 2.45) is 0 Å². The standard InChI is InChI=1S/C17H28O7/c1-5-16(6-2)21-10(9-18)11(22-16)12-13-14(15(19)20-12)24-17(7-3,8-4)23-13/h10-14,18H,5-9H2,1-4H3/t10?,11?,12-,13+,14+/m0/s1. The smallest absolute Gasteiger partial charge is 0.338 e. The zero-order chi connectivity index (χ0) is 17.5. The van der Waals surface area contributed by atoms with Crippen molar-refractivity contribution in [1.82, 2.24) is 0 Å². The van der Waals surface area contributed by atoms with Crippen LogP contribution in [-0.2, 0) is 28.5 Å². The van der Waals surface area contributed by atoms with Gasteiger partial charge in [-0.25, -0.2) is 4.79 Å². The van der Waals surface area contributed by atoms with Crippen LogP contribution in [0, 0.1) is 0 Å². The van der Waals surface area contributed by atoms with Gasteiger partial charge in [-0.3, -0.25) is 0 Å². The van der Waals surface area contributed by atoms with Crippen LogP contribution in [0.2, 0.25) is 0 Å². The first-order valence-corrected chi connectivity index (χ1v) is 8.99. The Kier molecular flexibility index (Phi) is 4.92. The second-order valence-electron chi connectivity index (χ2n) is 6.68. The lowest BCUT2D eigenvalue weighted by molar-refractivity contribution is -0.220. The molecule has 2 unspecified atom stereocenters. The Labute approximate surface area is 142 Å². The number of hydrogen-bond acceptors (Lipinski definition) is 7. The monoisotopic (exact) mass is 344 g/mol. The van der Waals surface area contributed by atoms with Gasteiger partial charge in [0.25, 0.3) is 0 Å². The molecule has 0 aliphatic carbocycles. The van der Waals surface area contributed by atoms with Crippen molar-refractivity contribution in [3.05, 3.63) is 0 Å². The molecule has 3 rings (SSSR count). The van der Waals surface area contributed by atoms with Gasteiger partial charge >= 0.3 is 5.97 Å². The van der Waals surface area contributed by atoms with Gasteiger partial charge in [-0.15, -0.1) is 0 Å². The van der Waals surface area contributed by atoms with Crippen LogP contribution < -0.4 is 0 Å². The van der Waals surface area contributed by atoms with Crippen LogP contribution in [0.3, 0.4) is 0 Å². The molecule has 0 bridgehead atoms. The molecule has 5 atom stereocenters. The minimum absolute atomic E-state index is 0.203. The number of esters is 1. The Bertz CT molecular complexity index is 472. The van der Waals surface area contributed by atoms with Gasteiger partial charge in [0.1, 0.15) is 18.3 Å². The van der Waals surface area contributed by atoms with Crippen LogP contribution in [0.25, 0.3) is 0 Å². The lowest BCUT2D eigenvalue weighted by Gasteiger charge is -2.30. The van der Waals surface area contributed by atoms with E-state index in [1.165, 1.54) is 0 Å². The lowest BCUT2D eigenvalue weighted by Crippen LogP contribution is -2.45. The number of aliphatic hydroxyl groups is 1. The highest BCUT2D eigenvalue weighted by Gasteiger charge is 2.63. The average Bonchev–Trinajstić information content (AvgIpc) is 3.26. The minimum atomic E-state index is -0.756. The quantitative estimate of drug-likeness (QED) is 0.731. The molecule has 0 aromatic carbocycles. The van der Waals surface area contributed by atoms with E-state index in [0.717, 1.165) is 0 Å². The molecule has 0 aromatic heterocycles. The van der Waals surface area contributed by atoms with Gasteiger partial charge in [0.05, 0.1) is 6.61 Å². The maximum absolute atomic E-state index is 12.3. The summed E-state index contributed by atoms with van der Waals surface area (Å²) in [7, 11) is 0. The number of fused-ring (bicyclic) bond motifs is 1. The molecule has 0 radical (unpaired) electrons. The number of ether oxygens (including phenoxy) is 5. The summed E-state index contributed by atoms with van der Waals surface area (Å²) in [5.74, 6) is -1.94. The summed E-state index contributed by atoms with van der Waals surface area (Å²) in [6.07, 6.45) is -0.441. The van der Waals surface area contributed by atoms with Crippen molar-refractivity contribution in [2.75, 3.05) is 6.61 Å². The van der Waals surface area contributed by atoms with Gasteiger partial charge in [-0.05, 0) is 25.7 Å². The van der Waals surface area contributed by atoms with Crippen molar-refractivity contribution >= 4 is 5.97 Å². The van der Waals surface area contributed by atoms with Gasteiger partial charge in [0, 0.05) is 0 Å². The van der Waals surface area contributed by atoms with E-state index >= 15 is 0 Å². The predicted molar refractivity (Wildman–Crippen MR) is 83.1 cm³/mol. The number of carbonyl (C=O) groups excluding carboxylic acids is 1. The summed E-state index contributed by atoms with van der Waals surface area (Å²) in [5, 5.41) is 9.70. The van der Waals surface area contributed by atoms with Crippen molar-refractivity contribution in [1.29, 1.82) is 0 Å². The highest BCUT2D eigenvalue weighted by Crippen LogP contribution is 2.45. The summed E-state index contributed by atoms with van der Waals surface area (Å²) in [6.45, 7) is 7.67. The first kappa shape index (κ1) is 18.1. The van der Waals surface area contributed by atoms with E-state index in [-0.39, 0.29) is 6.61 Å². The fraction of sp³-hybridized carbons (Fsp3) is 0.941. The molecule has 3 fully saturated rings. The third kappa shape index (κ3) is 2.66. The van der Waals surface area contributed by atoms with Crippen LogP contribution in [0.4, 0.5) is 0 Å². The fourth-order valence-electron chi connectivity index (χ4n) is 3.86. The van der Waals surface area contributed by atoms with E-state index in [1.807, 2.05) is 27.7 Å². The highest BCUT2D eigenvalue weighted by atomic mass is 16.8. The molecule has 138 valence electrons.